The predicted molar refractivity (Wildman–Crippen MR) is 70.5 cm³/mol. The van der Waals surface area contributed by atoms with Gasteiger partial charge >= 0.3 is 0 Å². The average Bonchev–Trinajstić information content (AvgIpc) is 2.81. The second-order valence-electron chi connectivity index (χ2n) is 4.21. The number of aromatic nitrogens is 4. The van der Waals surface area contributed by atoms with Gasteiger partial charge in [0.15, 0.2) is 5.65 Å². The summed E-state index contributed by atoms with van der Waals surface area (Å²) in [5, 5.41) is 18.6. The first-order valence-electron chi connectivity index (χ1n) is 5.81. The Morgan fingerprint density at radius 1 is 1.05 bits per heavy atom. The van der Waals surface area contributed by atoms with Gasteiger partial charge in [-0.05, 0) is 24.3 Å². The van der Waals surface area contributed by atoms with Crippen LogP contribution in [0.3, 0.4) is 0 Å². The molecule has 19 heavy (non-hydrogen) atoms. The normalized spacial score (nSPS) is 11.1. The smallest absolute Gasteiger partial charge is 0.187 e. The number of fused-ring (bicyclic) bond motifs is 5. The minimum atomic E-state index is 0.546. The van der Waals surface area contributed by atoms with Gasteiger partial charge in [-0.25, -0.2) is 0 Å². The molecule has 0 aliphatic rings. The Labute approximate surface area is 107 Å². The minimum absolute atomic E-state index is 0.546. The lowest BCUT2D eigenvalue weighted by Crippen LogP contribution is -1.96. The molecule has 0 saturated carbocycles. The maximum atomic E-state index is 9.44. The van der Waals surface area contributed by atoms with Crippen LogP contribution in [0.5, 0.6) is 0 Å². The number of hydrogen-bond donors (Lipinski definition) is 0. The van der Waals surface area contributed by atoms with Gasteiger partial charge in [0.25, 0.3) is 0 Å². The van der Waals surface area contributed by atoms with Crippen molar-refractivity contribution in [3.05, 3.63) is 48.3 Å². The number of hydrogen-bond acceptors (Lipinski definition) is 4. The van der Waals surface area contributed by atoms with E-state index in [0.717, 1.165) is 16.4 Å². The molecule has 0 fully saturated rings. The van der Waals surface area contributed by atoms with Gasteiger partial charge < -0.3 is 0 Å². The monoisotopic (exact) mass is 245 g/mol. The number of nitriles is 1. The van der Waals surface area contributed by atoms with Gasteiger partial charge in [0.05, 0.1) is 5.52 Å². The first-order valence-corrected chi connectivity index (χ1v) is 5.81. The third-order valence-electron chi connectivity index (χ3n) is 3.19. The summed E-state index contributed by atoms with van der Waals surface area (Å²) in [7, 11) is 0. The van der Waals surface area contributed by atoms with Crippen LogP contribution in [0.15, 0.2) is 42.6 Å². The van der Waals surface area contributed by atoms with Crippen molar-refractivity contribution in [3.63, 3.8) is 0 Å². The molecule has 4 aromatic rings. The van der Waals surface area contributed by atoms with E-state index in [0.29, 0.717) is 16.9 Å². The maximum absolute atomic E-state index is 9.44. The zero-order valence-electron chi connectivity index (χ0n) is 9.78. The van der Waals surface area contributed by atoms with Crippen molar-refractivity contribution < 1.29 is 0 Å². The van der Waals surface area contributed by atoms with Gasteiger partial charge in [0.1, 0.15) is 22.8 Å². The van der Waals surface area contributed by atoms with E-state index in [1.165, 1.54) is 0 Å². The molecule has 0 saturated heterocycles. The number of benzene rings is 1. The highest BCUT2D eigenvalue weighted by Crippen LogP contribution is 2.25. The quantitative estimate of drug-likeness (QED) is 0.476. The van der Waals surface area contributed by atoms with Gasteiger partial charge in [-0.1, -0.05) is 12.1 Å². The van der Waals surface area contributed by atoms with Crippen LogP contribution >= 0.6 is 0 Å². The molecule has 0 aliphatic carbocycles. The fraction of sp³-hybridized carbons (Fsp3) is 0. The van der Waals surface area contributed by atoms with E-state index in [2.05, 4.69) is 21.3 Å². The van der Waals surface area contributed by atoms with Crippen LogP contribution in [0.1, 0.15) is 5.69 Å². The standard InChI is InChI=1S/C14H7N5/c15-8-12-9-4-3-7-16-13(9)14-18-17-10-5-1-2-6-11(10)19(12)14/h1-7H. The molecule has 0 radical (unpaired) electrons. The Bertz CT molecular complexity index is 978. The van der Waals surface area contributed by atoms with E-state index in [4.69, 9.17) is 0 Å². The van der Waals surface area contributed by atoms with Crippen molar-refractivity contribution in [3.8, 4) is 6.07 Å². The summed E-state index contributed by atoms with van der Waals surface area (Å²) in [4.78, 5) is 4.31. The largest absolute Gasteiger partial charge is 0.279 e. The molecule has 0 aliphatic heterocycles. The summed E-state index contributed by atoms with van der Waals surface area (Å²) in [5.74, 6) is 0. The molecule has 4 rings (SSSR count). The highest BCUT2D eigenvalue weighted by Gasteiger charge is 2.15. The van der Waals surface area contributed by atoms with E-state index >= 15 is 0 Å². The van der Waals surface area contributed by atoms with Crippen molar-refractivity contribution in [2.45, 2.75) is 0 Å². The number of pyridine rings is 1. The van der Waals surface area contributed by atoms with Crippen molar-refractivity contribution >= 4 is 27.6 Å². The summed E-state index contributed by atoms with van der Waals surface area (Å²) < 4.78 is 1.82. The van der Waals surface area contributed by atoms with Crippen LogP contribution in [-0.4, -0.2) is 19.6 Å². The fourth-order valence-electron chi connectivity index (χ4n) is 2.38. The lowest BCUT2D eigenvalue weighted by molar-refractivity contribution is 1.04. The second-order valence-corrected chi connectivity index (χ2v) is 4.21. The van der Waals surface area contributed by atoms with E-state index < -0.39 is 0 Å². The topological polar surface area (TPSA) is 66.9 Å². The highest BCUT2D eigenvalue weighted by molar-refractivity contribution is 5.98. The van der Waals surface area contributed by atoms with Crippen molar-refractivity contribution in [2.24, 2.45) is 0 Å². The highest BCUT2D eigenvalue weighted by atomic mass is 15.2. The zero-order valence-corrected chi connectivity index (χ0v) is 9.78. The number of para-hydroxylation sites is 1. The average molecular weight is 245 g/mol. The van der Waals surface area contributed by atoms with Gasteiger partial charge in [-0.2, -0.15) is 5.26 Å². The molecule has 1 aromatic carbocycles. The van der Waals surface area contributed by atoms with Crippen molar-refractivity contribution in [1.29, 1.82) is 5.26 Å². The molecule has 5 nitrogen and oxygen atoms in total. The Morgan fingerprint density at radius 3 is 2.84 bits per heavy atom. The Kier molecular flexibility index (Phi) is 1.83. The van der Waals surface area contributed by atoms with Crippen LogP contribution in [0.4, 0.5) is 0 Å². The molecule has 0 unspecified atom stereocenters. The van der Waals surface area contributed by atoms with Gasteiger partial charge in [-0.3, -0.25) is 9.38 Å². The van der Waals surface area contributed by atoms with Crippen molar-refractivity contribution in [2.75, 3.05) is 0 Å². The maximum Gasteiger partial charge on any atom is 0.187 e. The first kappa shape index (κ1) is 9.97. The Hall–Kier alpha value is -3.00. The number of rotatable bonds is 0. The molecular weight excluding hydrogens is 238 g/mol. The SMILES string of the molecule is N#Cc1c2cccnc2c2nnc3ccccc3n12. The Morgan fingerprint density at radius 2 is 1.95 bits per heavy atom. The summed E-state index contributed by atoms with van der Waals surface area (Å²) in [6, 6.07) is 13.6. The summed E-state index contributed by atoms with van der Waals surface area (Å²) in [6.45, 7) is 0. The van der Waals surface area contributed by atoms with Crippen LogP contribution < -0.4 is 0 Å². The zero-order chi connectivity index (χ0) is 12.8. The van der Waals surface area contributed by atoms with E-state index in [-0.39, 0.29) is 0 Å². The minimum Gasteiger partial charge on any atom is -0.279 e. The van der Waals surface area contributed by atoms with Gasteiger partial charge in [0, 0.05) is 11.6 Å². The third-order valence-corrected chi connectivity index (χ3v) is 3.19. The molecule has 0 bridgehead atoms. The molecule has 0 atom stereocenters. The summed E-state index contributed by atoms with van der Waals surface area (Å²) in [6.07, 6.45) is 1.69. The molecule has 0 spiro atoms. The van der Waals surface area contributed by atoms with Gasteiger partial charge in [-0.15, -0.1) is 10.2 Å². The van der Waals surface area contributed by atoms with Crippen LogP contribution in [0, 0.1) is 11.3 Å². The third kappa shape index (κ3) is 1.20. The van der Waals surface area contributed by atoms with E-state index in [1.807, 2.05) is 40.8 Å². The van der Waals surface area contributed by atoms with Crippen molar-refractivity contribution in [1.82, 2.24) is 19.6 Å². The lowest BCUT2D eigenvalue weighted by atomic mass is 10.2. The Balaban J connectivity index is 2.41. The first-order chi connectivity index (χ1) is 9.40. The lowest BCUT2D eigenvalue weighted by Gasteiger charge is -2.00. The fourth-order valence-corrected chi connectivity index (χ4v) is 2.38. The number of nitrogens with zero attached hydrogens (tertiary/aromatic N) is 5. The molecule has 3 aromatic heterocycles. The molecule has 0 amide bonds. The molecule has 0 N–H and O–H groups in total. The summed E-state index contributed by atoms with van der Waals surface area (Å²) in [5.41, 5.74) is 3.49. The van der Waals surface area contributed by atoms with Crippen LogP contribution in [-0.2, 0) is 0 Å². The van der Waals surface area contributed by atoms with E-state index in [1.54, 1.807) is 6.20 Å². The van der Waals surface area contributed by atoms with E-state index in [9.17, 15) is 5.26 Å². The molecule has 5 heteroatoms. The van der Waals surface area contributed by atoms with Crippen LogP contribution in [0.25, 0.3) is 27.6 Å². The summed E-state index contributed by atoms with van der Waals surface area (Å²) >= 11 is 0. The molecule has 3 heterocycles. The predicted octanol–water partition coefficient (Wildman–Crippen LogP) is 2.30. The molecular formula is C14H7N5. The second kappa shape index (κ2) is 3.50. The molecule has 88 valence electrons. The van der Waals surface area contributed by atoms with Gasteiger partial charge in [0.2, 0.25) is 0 Å². The van der Waals surface area contributed by atoms with Crippen LogP contribution in [0.2, 0.25) is 0 Å².